The molecule has 0 aliphatic heterocycles. The van der Waals surface area contributed by atoms with E-state index >= 15 is 0 Å². The van der Waals surface area contributed by atoms with E-state index in [1.54, 1.807) is 7.11 Å². The van der Waals surface area contributed by atoms with Crippen LogP contribution < -0.4 is 10.5 Å². The Bertz CT molecular complexity index is 703. The number of fused-ring (bicyclic) bond motifs is 3. The van der Waals surface area contributed by atoms with E-state index in [2.05, 4.69) is 22.1 Å². The van der Waals surface area contributed by atoms with E-state index in [9.17, 15) is 0 Å². The molecule has 0 spiro atoms. The Balaban J connectivity index is 2.36. The van der Waals surface area contributed by atoms with E-state index in [0.29, 0.717) is 6.54 Å². The maximum Gasteiger partial charge on any atom is 0.128 e. The molecule has 0 aliphatic rings. The Morgan fingerprint density at radius 1 is 1.28 bits per heavy atom. The largest absolute Gasteiger partial charge is 0.496 e. The molecule has 92 valence electrons. The number of aromatic nitrogens is 2. The van der Waals surface area contributed by atoms with Crippen LogP contribution in [-0.4, -0.2) is 23.6 Å². The number of benzene rings is 2. The monoisotopic (exact) mass is 241 g/mol. The van der Waals surface area contributed by atoms with Gasteiger partial charge >= 0.3 is 0 Å². The molecule has 3 rings (SSSR count). The smallest absolute Gasteiger partial charge is 0.128 e. The van der Waals surface area contributed by atoms with Crippen molar-refractivity contribution in [1.29, 1.82) is 0 Å². The van der Waals surface area contributed by atoms with Crippen LogP contribution in [0.1, 0.15) is 5.82 Å². The molecule has 0 radical (unpaired) electrons. The molecule has 0 atom stereocenters. The van der Waals surface area contributed by atoms with Crippen LogP contribution in [0.2, 0.25) is 0 Å². The van der Waals surface area contributed by atoms with Gasteiger partial charge in [-0.25, -0.2) is 4.98 Å². The van der Waals surface area contributed by atoms with Gasteiger partial charge in [-0.3, -0.25) is 0 Å². The van der Waals surface area contributed by atoms with Gasteiger partial charge in [-0.05, 0) is 24.1 Å². The number of imidazole rings is 1. The summed E-state index contributed by atoms with van der Waals surface area (Å²) in [5, 5.41) is 2.18. The van der Waals surface area contributed by atoms with E-state index in [1.807, 2.05) is 18.2 Å². The zero-order chi connectivity index (χ0) is 12.5. The average molecular weight is 241 g/mol. The van der Waals surface area contributed by atoms with Crippen molar-refractivity contribution in [1.82, 2.24) is 9.97 Å². The number of nitrogens with zero attached hydrogens (tertiary/aromatic N) is 1. The van der Waals surface area contributed by atoms with Crippen molar-refractivity contribution in [2.24, 2.45) is 5.73 Å². The van der Waals surface area contributed by atoms with Crippen molar-refractivity contribution >= 4 is 21.8 Å². The number of nitrogens with two attached hydrogens (primary N) is 1. The van der Waals surface area contributed by atoms with Crippen molar-refractivity contribution in [3.63, 3.8) is 0 Å². The fourth-order valence-electron chi connectivity index (χ4n) is 2.29. The van der Waals surface area contributed by atoms with Gasteiger partial charge in [0, 0.05) is 6.42 Å². The number of hydrogen-bond acceptors (Lipinski definition) is 3. The summed E-state index contributed by atoms with van der Waals surface area (Å²) >= 11 is 0. The quantitative estimate of drug-likeness (QED) is 0.739. The first-order valence-corrected chi connectivity index (χ1v) is 5.98. The molecule has 0 bridgehead atoms. The van der Waals surface area contributed by atoms with Crippen LogP contribution in [0.3, 0.4) is 0 Å². The van der Waals surface area contributed by atoms with Gasteiger partial charge in [0.1, 0.15) is 17.1 Å². The first-order valence-electron chi connectivity index (χ1n) is 5.98. The number of H-pyrrole nitrogens is 1. The van der Waals surface area contributed by atoms with Gasteiger partial charge in [0.05, 0.1) is 18.0 Å². The number of nitrogens with one attached hydrogen (secondary N) is 1. The number of ether oxygens (including phenoxy) is 1. The number of rotatable bonds is 3. The summed E-state index contributed by atoms with van der Waals surface area (Å²) in [6, 6.07) is 10.1. The summed E-state index contributed by atoms with van der Waals surface area (Å²) in [5.41, 5.74) is 7.54. The van der Waals surface area contributed by atoms with Crippen LogP contribution in [0.5, 0.6) is 5.75 Å². The van der Waals surface area contributed by atoms with Crippen molar-refractivity contribution < 1.29 is 4.74 Å². The number of aromatic amines is 1. The average Bonchev–Trinajstić information content (AvgIpc) is 2.81. The molecule has 3 N–H and O–H groups in total. The van der Waals surface area contributed by atoms with Crippen LogP contribution in [0.25, 0.3) is 21.8 Å². The summed E-state index contributed by atoms with van der Waals surface area (Å²) in [4.78, 5) is 7.92. The SMILES string of the molecule is COc1cccc2ccc3[nH]c(CCN)nc3c12. The van der Waals surface area contributed by atoms with E-state index in [0.717, 1.165) is 39.8 Å². The van der Waals surface area contributed by atoms with Crippen LogP contribution in [0, 0.1) is 0 Å². The summed E-state index contributed by atoms with van der Waals surface area (Å²) < 4.78 is 5.43. The molecule has 0 fully saturated rings. The Morgan fingerprint density at radius 2 is 2.17 bits per heavy atom. The second-order valence-electron chi connectivity index (χ2n) is 4.24. The molecule has 0 saturated heterocycles. The zero-order valence-electron chi connectivity index (χ0n) is 10.2. The van der Waals surface area contributed by atoms with E-state index in [1.165, 1.54) is 0 Å². The van der Waals surface area contributed by atoms with Crippen molar-refractivity contribution in [3.05, 3.63) is 36.2 Å². The molecule has 0 unspecified atom stereocenters. The van der Waals surface area contributed by atoms with Crippen LogP contribution in [-0.2, 0) is 6.42 Å². The molecule has 2 aromatic carbocycles. The van der Waals surface area contributed by atoms with Crippen molar-refractivity contribution in [2.75, 3.05) is 13.7 Å². The molecular weight excluding hydrogens is 226 g/mol. The molecular formula is C14H15N3O. The maximum absolute atomic E-state index is 5.57. The first-order chi connectivity index (χ1) is 8.83. The van der Waals surface area contributed by atoms with Crippen LogP contribution in [0.15, 0.2) is 30.3 Å². The predicted molar refractivity (Wildman–Crippen MR) is 72.9 cm³/mol. The minimum Gasteiger partial charge on any atom is -0.496 e. The van der Waals surface area contributed by atoms with E-state index in [4.69, 9.17) is 10.5 Å². The van der Waals surface area contributed by atoms with Gasteiger partial charge < -0.3 is 15.5 Å². The molecule has 18 heavy (non-hydrogen) atoms. The summed E-state index contributed by atoms with van der Waals surface area (Å²) in [7, 11) is 1.68. The topological polar surface area (TPSA) is 63.9 Å². The first kappa shape index (κ1) is 11.0. The molecule has 3 aromatic rings. The Kier molecular flexibility index (Phi) is 2.64. The molecule has 4 nitrogen and oxygen atoms in total. The van der Waals surface area contributed by atoms with Gasteiger partial charge in [-0.15, -0.1) is 0 Å². The second kappa shape index (κ2) is 4.31. The summed E-state index contributed by atoms with van der Waals surface area (Å²) in [6.07, 6.45) is 0.755. The minimum absolute atomic E-state index is 0.592. The lowest BCUT2D eigenvalue weighted by atomic mass is 10.1. The van der Waals surface area contributed by atoms with Gasteiger partial charge in [-0.1, -0.05) is 18.2 Å². The van der Waals surface area contributed by atoms with Crippen LogP contribution >= 0.6 is 0 Å². The van der Waals surface area contributed by atoms with E-state index < -0.39 is 0 Å². The van der Waals surface area contributed by atoms with Crippen molar-refractivity contribution in [2.45, 2.75) is 6.42 Å². The lowest BCUT2D eigenvalue weighted by Crippen LogP contribution is -2.03. The highest BCUT2D eigenvalue weighted by Gasteiger charge is 2.10. The predicted octanol–water partition coefficient (Wildman–Crippen LogP) is 2.23. The Morgan fingerprint density at radius 3 is 2.94 bits per heavy atom. The Hall–Kier alpha value is -2.07. The molecule has 1 heterocycles. The Labute approximate surface area is 105 Å². The normalized spacial score (nSPS) is 11.2. The summed E-state index contributed by atoms with van der Waals surface area (Å²) in [6.45, 7) is 0.592. The van der Waals surface area contributed by atoms with Gasteiger partial charge in [0.25, 0.3) is 0 Å². The second-order valence-corrected chi connectivity index (χ2v) is 4.24. The number of hydrogen-bond donors (Lipinski definition) is 2. The minimum atomic E-state index is 0.592. The standard InChI is InChI=1S/C14H15N3O/c1-18-11-4-2-3-9-5-6-10-14(13(9)11)17-12(16-10)7-8-15/h2-6H,7-8,15H2,1H3,(H,16,17). The zero-order valence-corrected chi connectivity index (χ0v) is 10.2. The van der Waals surface area contributed by atoms with Crippen molar-refractivity contribution in [3.8, 4) is 5.75 Å². The third-order valence-corrected chi connectivity index (χ3v) is 3.11. The summed E-state index contributed by atoms with van der Waals surface area (Å²) in [5.74, 6) is 1.77. The maximum atomic E-state index is 5.57. The molecule has 0 amide bonds. The third kappa shape index (κ3) is 1.62. The van der Waals surface area contributed by atoms with Gasteiger partial charge in [-0.2, -0.15) is 0 Å². The highest BCUT2D eigenvalue weighted by Crippen LogP contribution is 2.31. The molecule has 4 heteroatoms. The highest BCUT2D eigenvalue weighted by molar-refractivity contribution is 6.07. The lowest BCUT2D eigenvalue weighted by Gasteiger charge is -2.05. The van der Waals surface area contributed by atoms with Crippen LogP contribution in [0.4, 0.5) is 0 Å². The molecule has 1 aromatic heterocycles. The van der Waals surface area contributed by atoms with Gasteiger partial charge in [0.2, 0.25) is 0 Å². The molecule has 0 saturated carbocycles. The molecule has 0 aliphatic carbocycles. The fourth-order valence-corrected chi connectivity index (χ4v) is 2.29. The van der Waals surface area contributed by atoms with Gasteiger partial charge in [0.15, 0.2) is 0 Å². The lowest BCUT2D eigenvalue weighted by molar-refractivity contribution is 0.420. The number of methoxy groups -OCH3 is 1. The van der Waals surface area contributed by atoms with E-state index in [-0.39, 0.29) is 0 Å². The fraction of sp³-hybridized carbons (Fsp3) is 0.214. The highest BCUT2D eigenvalue weighted by atomic mass is 16.5. The third-order valence-electron chi connectivity index (χ3n) is 3.11.